The summed E-state index contributed by atoms with van der Waals surface area (Å²) in [5.41, 5.74) is 0.825. The smallest absolute Gasteiger partial charge is 0.214 e. The van der Waals surface area contributed by atoms with E-state index in [1.807, 2.05) is 19.3 Å². The molecule has 0 amide bonds. The van der Waals surface area contributed by atoms with Gasteiger partial charge in [-0.2, -0.15) is 0 Å². The van der Waals surface area contributed by atoms with Crippen LogP contribution in [0, 0.1) is 11.8 Å². The lowest BCUT2D eigenvalue weighted by atomic mass is 9.81. The van der Waals surface area contributed by atoms with E-state index < -0.39 is 10.0 Å². The minimum absolute atomic E-state index is 0.191. The minimum Gasteiger partial charge on any atom is -0.381 e. The maximum absolute atomic E-state index is 12.9. The van der Waals surface area contributed by atoms with Crippen molar-refractivity contribution in [3.05, 3.63) is 18.6 Å². The van der Waals surface area contributed by atoms with Gasteiger partial charge in [-0.15, -0.1) is 0 Å². The van der Waals surface area contributed by atoms with Crippen molar-refractivity contribution >= 4 is 26.9 Å². The number of anilines is 1. The summed E-state index contributed by atoms with van der Waals surface area (Å²) >= 11 is 0. The van der Waals surface area contributed by atoms with Crippen LogP contribution in [-0.4, -0.2) is 72.8 Å². The molecule has 1 aliphatic carbocycles. The number of aromatic amines is 1. The summed E-state index contributed by atoms with van der Waals surface area (Å²) in [4.78, 5) is 14.0. The number of ether oxygens (including phenoxy) is 1. The predicted octanol–water partition coefficient (Wildman–Crippen LogP) is 2.25. The van der Waals surface area contributed by atoms with Crippen molar-refractivity contribution in [2.45, 2.75) is 44.8 Å². The van der Waals surface area contributed by atoms with Crippen LogP contribution in [-0.2, 0) is 14.8 Å². The highest BCUT2D eigenvalue weighted by atomic mass is 32.2. The summed E-state index contributed by atoms with van der Waals surface area (Å²) in [6.07, 6.45) is 7.14. The normalized spacial score (nSPS) is 25.1. The summed E-state index contributed by atoms with van der Waals surface area (Å²) in [7, 11) is 0.561. The topological polar surface area (TPSA) is 91.4 Å². The zero-order chi connectivity index (χ0) is 20.6. The molecule has 0 unspecified atom stereocenters. The molecule has 9 heteroatoms. The highest BCUT2D eigenvalue weighted by Gasteiger charge is 2.38. The first-order valence-electron chi connectivity index (χ1n) is 10.4. The van der Waals surface area contributed by atoms with Crippen LogP contribution >= 0.6 is 0 Å². The van der Waals surface area contributed by atoms with Crippen molar-refractivity contribution in [2.24, 2.45) is 11.8 Å². The second-order valence-electron chi connectivity index (χ2n) is 8.50. The van der Waals surface area contributed by atoms with E-state index in [2.05, 4.69) is 26.8 Å². The van der Waals surface area contributed by atoms with Gasteiger partial charge in [0, 0.05) is 39.5 Å². The Labute approximate surface area is 172 Å². The number of hydrogen-bond acceptors (Lipinski definition) is 6. The van der Waals surface area contributed by atoms with E-state index >= 15 is 0 Å². The Bertz CT molecular complexity index is 932. The molecule has 0 aromatic carbocycles. The number of rotatable bonds is 7. The lowest BCUT2D eigenvalue weighted by Crippen LogP contribution is -2.48. The molecule has 0 radical (unpaired) electrons. The quantitative estimate of drug-likeness (QED) is 0.737. The number of nitrogens with zero attached hydrogens (tertiary/aromatic N) is 4. The van der Waals surface area contributed by atoms with Crippen LogP contribution in [0.15, 0.2) is 18.6 Å². The van der Waals surface area contributed by atoms with Gasteiger partial charge in [0.1, 0.15) is 17.8 Å². The Balaban J connectivity index is 1.31. The monoisotopic (exact) mass is 421 g/mol. The van der Waals surface area contributed by atoms with Crippen molar-refractivity contribution in [1.29, 1.82) is 0 Å². The molecule has 4 rings (SSSR count). The highest BCUT2D eigenvalue weighted by molar-refractivity contribution is 7.89. The SMILES string of the molecule is CO[C@H](C)C1CCN(S(=O)(=O)CC2CC(N(C)c3ncnc4[nH]ccc34)C2)CC1. The summed E-state index contributed by atoms with van der Waals surface area (Å²) in [5, 5.41) is 0.999. The largest absolute Gasteiger partial charge is 0.381 e. The number of nitrogens with one attached hydrogen (secondary N) is 1. The Hall–Kier alpha value is -1.71. The molecule has 29 heavy (non-hydrogen) atoms. The van der Waals surface area contributed by atoms with Gasteiger partial charge < -0.3 is 14.6 Å². The summed E-state index contributed by atoms with van der Waals surface area (Å²) < 4.78 is 32.9. The second-order valence-corrected chi connectivity index (χ2v) is 10.5. The first-order chi connectivity index (χ1) is 13.9. The molecule has 1 aliphatic heterocycles. The van der Waals surface area contributed by atoms with Crippen molar-refractivity contribution < 1.29 is 13.2 Å². The Morgan fingerprint density at radius 2 is 2.03 bits per heavy atom. The van der Waals surface area contributed by atoms with E-state index in [1.165, 1.54) is 0 Å². The lowest BCUT2D eigenvalue weighted by Gasteiger charge is -2.42. The fraction of sp³-hybridized carbons (Fsp3) is 0.700. The number of hydrogen-bond donors (Lipinski definition) is 1. The number of H-pyrrole nitrogens is 1. The van der Waals surface area contributed by atoms with E-state index in [-0.39, 0.29) is 17.8 Å². The zero-order valence-corrected chi connectivity index (χ0v) is 18.2. The number of piperidine rings is 1. The summed E-state index contributed by atoms with van der Waals surface area (Å²) in [5.74, 6) is 1.82. The van der Waals surface area contributed by atoms with Gasteiger partial charge in [0.05, 0.1) is 17.2 Å². The second kappa shape index (κ2) is 8.20. The zero-order valence-electron chi connectivity index (χ0n) is 17.4. The molecule has 0 bridgehead atoms. The van der Waals surface area contributed by atoms with E-state index in [0.717, 1.165) is 42.5 Å². The van der Waals surface area contributed by atoms with Gasteiger partial charge in [0.15, 0.2) is 0 Å². The molecular formula is C20H31N5O3S. The number of fused-ring (bicyclic) bond motifs is 1. The Kier molecular flexibility index (Phi) is 5.81. The molecule has 2 aromatic rings. The molecule has 1 atom stereocenters. The number of methoxy groups -OCH3 is 1. The highest BCUT2D eigenvalue weighted by Crippen LogP contribution is 2.36. The van der Waals surface area contributed by atoms with Crippen molar-refractivity contribution in [3.8, 4) is 0 Å². The van der Waals surface area contributed by atoms with Crippen LogP contribution in [0.5, 0.6) is 0 Å². The fourth-order valence-corrected chi connectivity index (χ4v) is 6.53. The van der Waals surface area contributed by atoms with E-state index in [1.54, 1.807) is 17.7 Å². The molecule has 3 heterocycles. The first kappa shape index (κ1) is 20.6. The van der Waals surface area contributed by atoms with Crippen molar-refractivity contribution in [1.82, 2.24) is 19.3 Å². The first-order valence-corrected chi connectivity index (χ1v) is 12.0. The number of sulfonamides is 1. The number of aromatic nitrogens is 3. The molecule has 0 spiro atoms. The van der Waals surface area contributed by atoms with Crippen molar-refractivity contribution in [2.75, 3.05) is 37.9 Å². The van der Waals surface area contributed by atoms with Crippen LogP contribution in [0.2, 0.25) is 0 Å². The Morgan fingerprint density at radius 3 is 2.72 bits per heavy atom. The van der Waals surface area contributed by atoms with Gasteiger partial charge in [0.2, 0.25) is 10.0 Å². The van der Waals surface area contributed by atoms with E-state index in [0.29, 0.717) is 25.0 Å². The fourth-order valence-electron chi connectivity index (χ4n) is 4.68. The summed E-state index contributed by atoms with van der Waals surface area (Å²) in [6, 6.07) is 2.30. The van der Waals surface area contributed by atoms with Crippen LogP contribution in [0.4, 0.5) is 5.82 Å². The van der Waals surface area contributed by atoms with Crippen LogP contribution in [0.1, 0.15) is 32.6 Å². The molecule has 160 valence electrons. The average Bonchev–Trinajstić information content (AvgIpc) is 3.18. The predicted molar refractivity (Wildman–Crippen MR) is 113 cm³/mol. The van der Waals surface area contributed by atoms with Gasteiger partial charge in [-0.25, -0.2) is 22.7 Å². The third-order valence-corrected chi connectivity index (χ3v) is 8.84. The maximum atomic E-state index is 12.9. The third kappa shape index (κ3) is 4.13. The van der Waals surface area contributed by atoms with Crippen molar-refractivity contribution in [3.63, 3.8) is 0 Å². The molecular weight excluding hydrogens is 390 g/mol. The van der Waals surface area contributed by atoms with E-state index in [4.69, 9.17) is 4.74 Å². The molecule has 1 saturated carbocycles. The molecule has 8 nitrogen and oxygen atoms in total. The average molecular weight is 422 g/mol. The molecule has 2 aliphatic rings. The summed E-state index contributed by atoms with van der Waals surface area (Å²) in [6.45, 7) is 3.30. The van der Waals surface area contributed by atoms with Crippen LogP contribution < -0.4 is 4.90 Å². The lowest BCUT2D eigenvalue weighted by molar-refractivity contribution is 0.0450. The maximum Gasteiger partial charge on any atom is 0.214 e. The van der Waals surface area contributed by atoms with Gasteiger partial charge in [0.25, 0.3) is 0 Å². The molecule has 2 fully saturated rings. The standard InChI is InChI=1S/C20H31N5O3S/c1-14(28-3)16-5-8-25(9-6-16)29(26,27)12-15-10-17(11-15)24(2)20-18-4-7-21-19(18)22-13-23-20/h4,7,13-17H,5-6,8-12H2,1-3H3,(H,21,22,23)/t14-,15?,17?/m1/s1. The van der Waals surface area contributed by atoms with Crippen LogP contribution in [0.3, 0.4) is 0 Å². The molecule has 1 saturated heterocycles. The van der Waals surface area contributed by atoms with Gasteiger partial charge >= 0.3 is 0 Å². The molecule has 1 N–H and O–H groups in total. The van der Waals surface area contributed by atoms with Crippen LogP contribution in [0.25, 0.3) is 11.0 Å². The van der Waals surface area contributed by atoms with Gasteiger partial charge in [-0.05, 0) is 50.5 Å². The molecule has 2 aromatic heterocycles. The Morgan fingerprint density at radius 1 is 1.31 bits per heavy atom. The van der Waals surface area contributed by atoms with E-state index in [9.17, 15) is 8.42 Å². The minimum atomic E-state index is -3.20. The third-order valence-electron chi connectivity index (χ3n) is 6.80. The van der Waals surface area contributed by atoms with Gasteiger partial charge in [-0.1, -0.05) is 0 Å². The van der Waals surface area contributed by atoms with Gasteiger partial charge in [-0.3, -0.25) is 0 Å².